The van der Waals surface area contributed by atoms with Crippen molar-refractivity contribution in [2.75, 3.05) is 0 Å². The summed E-state index contributed by atoms with van der Waals surface area (Å²) in [6, 6.07) is 0. The standard InChI is InChI=1S/C9H12O3/c1-9-3-2-5(4-9)7(10)6(9)8(11)12/h2-3,5-7,10H,4H2,1H3,(H,11,12). The van der Waals surface area contributed by atoms with Gasteiger partial charge in [-0.1, -0.05) is 19.1 Å². The first-order valence-corrected chi connectivity index (χ1v) is 4.15. The number of hydrogen-bond donors (Lipinski definition) is 2. The molecule has 0 aromatic heterocycles. The molecule has 2 aliphatic rings. The molecule has 0 radical (unpaired) electrons. The van der Waals surface area contributed by atoms with Gasteiger partial charge >= 0.3 is 5.97 Å². The van der Waals surface area contributed by atoms with Gasteiger partial charge in [0.05, 0.1) is 12.0 Å². The van der Waals surface area contributed by atoms with Crippen LogP contribution in [0.1, 0.15) is 13.3 Å². The number of aliphatic hydroxyl groups excluding tert-OH is 1. The Labute approximate surface area is 70.7 Å². The topological polar surface area (TPSA) is 57.5 Å². The molecule has 2 N–H and O–H groups in total. The molecule has 3 heteroatoms. The Kier molecular flexibility index (Phi) is 1.37. The maximum absolute atomic E-state index is 10.8. The summed E-state index contributed by atoms with van der Waals surface area (Å²) in [5.41, 5.74) is -0.310. The van der Waals surface area contributed by atoms with Gasteiger partial charge in [0.25, 0.3) is 0 Å². The Morgan fingerprint density at radius 2 is 2.33 bits per heavy atom. The van der Waals surface area contributed by atoms with Gasteiger partial charge in [-0.3, -0.25) is 4.79 Å². The van der Waals surface area contributed by atoms with Gasteiger partial charge in [-0.2, -0.15) is 0 Å². The molecule has 0 amide bonds. The molecule has 0 aromatic rings. The van der Waals surface area contributed by atoms with Crippen LogP contribution in [0.25, 0.3) is 0 Å². The van der Waals surface area contributed by atoms with E-state index in [9.17, 15) is 9.90 Å². The van der Waals surface area contributed by atoms with E-state index in [1.165, 1.54) is 0 Å². The van der Waals surface area contributed by atoms with E-state index < -0.39 is 18.0 Å². The molecule has 12 heavy (non-hydrogen) atoms. The number of hydrogen-bond acceptors (Lipinski definition) is 2. The number of aliphatic hydroxyl groups is 1. The van der Waals surface area contributed by atoms with Crippen LogP contribution < -0.4 is 0 Å². The molecular weight excluding hydrogens is 156 g/mol. The summed E-state index contributed by atoms with van der Waals surface area (Å²) in [4.78, 5) is 10.8. The molecule has 4 unspecified atom stereocenters. The quantitative estimate of drug-likeness (QED) is 0.565. The van der Waals surface area contributed by atoms with Crippen molar-refractivity contribution in [2.24, 2.45) is 17.3 Å². The highest BCUT2D eigenvalue weighted by Gasteiger charge is 2.55. The molecule has 2 bridgehead atoms. The maximum Gasteiger partial charge on any atom is 0.310 e. The summed E-state index contributed by atoms with van der Waals surface area (Å²) in [5, 5.41) is 18.5. The molecule has 2 rings (SSSR count). The highest BCUT2D eigenvalue weighted by molar-refractivity contribution is 5.73. The van der Waals surface area contributed by atoms with Gasteiger partial charge in [0.15, 0.2) is 0 Å². The van der Waals surface area contributed by atoms with E-state index in [0.29, 0.717) is 0 Å². The minimum Gasteiger partial charge on any atom is -0.481 e. The van der Waals surface area contributed by atoms with Gasteiger partial charge < -0.3 is 10.2 Å². The van der Waals surface area contributed by atoms with Crippen molar-refractivity contribution in [3.63, 3.8) is 0 Å². The SMILES string of the molecule is CC12C=CC(C1)C(O)C2C(=O)O. The zero-order valence-electron chi connectivity index (χ0n) is 6.90. The first kappa shape index (κ1) is 7.80. The second-order valence-electron chi connectivity index (χ2n) is 4.04. The third kappa shape index (κ3) is 0.771. The van der Waals surface area contributed by atoms with Crippen LogP contribution in [0.15, 0.2) is 12.2 Å². The minimum atomic E-state index is -0.878. The van der Waals surface area contributed by atoms with Crippen LogP contribution in [0.5, 0.6) is 0 Å². The van der Waals surface area contributed by atoms with Crippen molar-refractivity contribution in [3.05, 3.63) is 12.2 Å². The second kappa shape index (κ2) is 2.10. The lowest BCUT2D eigenvalue weighted by Crippen LogP contribution is -2.36. The minimum absolute atomic E-state index is 0.0658. The lowest BCUT2D eigenvalue weighted by molar-refractivity contribution is -0.148. The van der Waals surface area contributed by atoms with Crippen molar-refractivity contribution in [2.45, 2.75) is 19.4 Å². The summed E-state index contributed by atoms with van der Waals surface area (Å²) in [5.74, 6) is -1.42. The smallest absolute Gasteiger partial charge is 0.310 e. The average molecular weight is 168 g/mol. The van der Waals surface area contributed by atoms with E-state index in [4.69, 9.17) is 5.11 Å². The van der Waals surface area contributed by atoms with Crippen LogP contribution in [0.4, 0.5) is 0 Å². The molecule has 0 aromatic carbocycles. The first-order chi connectivity index (χ1) is 5.54. The molecule has 3 nitrogen and oxygen atoms in total. The number of carbonyl (C=O) groups is 1. The van der Waals surface area contributed by atoms with Gasteiger partial charge in [0.2, 0.25) is 0 Å². The van der Waals surface area contributed by atoms with Crippen LogP contribution in [0.3, 0.4) is 0 Å². The predicted molar refractivity (Wildman–Crippen MR) is 42.5 cm³/mol. The maximum atomic E-state index is 10.8. The summed E-state index contributed by atoms with van der Waals surface area (Å²) in [7, 11) is 0. The predicted octanol–water partition coefficient (Wildman–Crippen LogP) is 0.644. The van der Waals surface area contributed by atoms with E-state index in [-0.39, 0.29) is 11.3 Å². The molecule has 1 saturated carbocycles. The van der Waals surface area contributed by atoms with Gasteiger partial charge in [0, 0.05) is 11.3 Å². The van der Waals surface area contributed by atoms with Crippen LogP contribution in [0.2, 0.25) is 0 Å². The van der Waals surface area contributed by atoms with Crippen LogP contribution in [0, 0.1) is 17.3 Å². The fourth-order valence-corrected chi connectivity index (χ4v) is 2.52. The number of carboxylic acid groups (broad SMARTS) is 1. The Hall–Kier alpha value is -0.830. The molecule has 66 valence electrons. The summed E-state index contributed by atoms with van der Waals surface area (Å²) >= 11 is 0. The molecule has 0 spiro atoms. The van der Waals surface area contributed by atoms with E-state index in [0.717, 1.165) is 6.42 Å². The summed E-state index contributed by atoms with van der Waals surface area (Å²) in [6.45, 7) is 1.90. The zero-order chi connectivity index (χ0) is 8.93. The van der Waals surface area contributed by atoms with Crippen molar-refractivity contribution in [3.8, 4) is 0 Å². The van der Waals surface area contributed by atoms with Crippen LogP contribution in [-0.2, 0) is 4.79 Å². The molecule has 2 aliphatic carbocycles. The number of aliphatic carboxylic acids is 1. The molecule has 1 fully saturated rings. The summed E-state index contributed by atoms with van der Waals surface area (Å²) < 4.78 is 0. The Balaban J connectivity index is 2.36. The molecule has 0 heterocycles. The molecular formula is C9H12O3. The monoisotopic (exact) mass is 168 g/mol. The van der Waals surface area contributed by atoms with Gasteiger partial charge in [0.1, 0.15) is 0 Å². The average Bonchev–Trinajstić information content (AvgIpc) is 2.40. The highest BCUT2D eigenvalue weighted by Crippen LogP contribution is 2.52. The zero-order valence-corrected chi connectivity index (χ0v) is 6.90. The first-order valence-electron chi connectivity index (χ1n) is 4.15. The van der Waals surface area contributed by atoms with Crippen LogP contribution in [-0.4, -0.2) is 22.3 Å². The highest BCUT2D eigenvalue weighted by atomic mass is 16.4. The van der Waals surface area contributed by atoms with Gasteiger partial charge in [-0.25, -0.2) is 0 Å². The largest absolute Gasteiger partial charge is 0.481 e. The van der Waals surface area contributed by atoms with Gasteiger partial charge in [-0.15, -0.1) is 0 Å². The third-order valence-electron chi connectivity index (χ3n) is 3.16. The molecule has 0 aliphatic heterocycles. The third-order valence-corrected chi connectivity index (χ3v) is 3.16. The van der Waals surface area contributed by atoms with E-state index in [1.807, 2.05) is 19.1 Å². The van der Waals surface area contributed by atoms with Gasteiger partial charge in [-0.05, 0) is 6.42 Å². The lowest BCUT2D eigenvalue weighted by Gasteiger charge is -2.27. The second-order valence-corrected chi connectivity index (χ2v) is 4.04. The Bertz CT molecular complexity index is 258. The fraction of sp³-hybridized carbons (Fsp3) is 0.667. The summed E-state index contributed by atoms with van der Waals surface area (Å²) in [6.07, 6.45) is 3.97. The molecule has 4 atom stereocenters. The van der Waals surface area contributed by atoms with Crippen molar-refractivity contribution < 1.29 is 15.0 Å². The molecule has 0 saturated heterocycles. The van der Waals surface area contributed by atoms with E-state index in [2.05, 4.69) is 0 Å². The Morgan fingerprint density at radius 3 is 2.67 bits per heavy atom. The lowest BCUT2D eigenvalue weighted by atomic mass is 9.79. The normalized spacial score (nSPS) is 50.0. The number of fused-ring (bicyclic) bond motifs is 2. The Morgan fingerprint density at radius 1 is 1.67 bits per heavy atom. The van der Waals surface area contributed by atoms with E-state index >= 15 is 0 Å². The number of rotatable bonds is 1. The number of allylic oxidation sites excluding steroid dienone is 1. The van der Waals surface area contributed by atoms with E-state index in [1.54, 1.807) is 0 Å². The van der Waals surface area contributed by atoms with Crippen LogP contribution >= 0.6 is 0 Å². The van der Waals surface area contributed by atoms with Crippen molar-refractivity contribution in [1.82, 2.24) is 0 Å². The fourth-order valence-electron chi connectivity index (χ4n) is 2.52. The van der Waals surface area contributed by atoms with Crippen molar-refractivity contribution in [1.29, 1.82) is 0 Å². The van der Waals surface area contributed by atoms with Crippen molar-refractivity contribution >= 4 is 5.97 Å². The number of carboxylic acids is 1.